The number of hydrogen-bond acceptors (Lipinski definition) is 6. The fourth-order valence-electron chi connectivity index (χ4n) is 3.22. The SMILES string of the molecule is Cc1nc(Nc2ccc(NC(=O)c3ccncc3)cc2)cc(N2CCCC2)n1. The third-order valence-corrected chi connectivity index (χ3v) is 4.61. The van der Waals surface area contributed by atoms with Gasteiger partial charge in [0, 0.05) is 48.5 Å². The molecule has 0 atom stereocenters. The number of pyridine rings is 1. The minimum absolute atomic E-state index is 0.162. The van der Waals surface area contributed by atoms with Gasteiger partial charge >= 0.3 is 0 Å². The molecule has 1 aliphatic rings. The first-order valence-corrected chi connectivity index (χ1v) is 9.36. The summed E-state index contributed by atoms with van der Waals surface area (Å²) in [5.74, 6) is 2.31. The van der Waals surface area contributed by atoms with E-state index in [0.717, 1.165) is 41.9 Å². The van der Waals surface area contributed by atoms with Crippen molar-refractivity contribution in [2.75, 3.05) is 28.6 Å². The van der Waals surface area contributed by atoms with Crippen molar-refractivity contribution in [2.45, 2.75) is 19.8 Å². The molecule has 0 spiro atoms. The molecule has 7 heteroatoms. The fraction of sp³-hybridized carbons (Fsp3) is 0.238. The van der Waals surface area contributed by atoms with Crippen molar-refractivity contribution in [3.05, 3.63) is 66.2 Å². The quantitative estimate of drug-likeness (QED) is 0.707. The molecule has 2 aromatic heterocycles. The van der Waals surface area contributed by atoms with Crippen LogP contribution in [0.1, 0.15) is 29.0 Å². The van der Waals surface area contributed by atoms with Crippen molar-refractivity contribution >= 4 is 28.9 Å². The van der Waals surface area contributed by atoms with E-state index in [1.54, 1.807) is 24.5 Å². The number of nitrogens with zero attached hydrogens (tertiary/aromatic N) is 4. The van der Waals surface area contributed by atoms with Gasteiger partial charge in [0.25, 0.3) is 5.91 Å². The van der Waals surface area contributed by atoms with Crippen LogP contribution in [0.15, 0.2) is 54.9 Å². The van der Waals surface area contributed by atoms with E-state index >= 15 is 0 Å². The van der Waals surface area contributed by atoms with Gasteiger partial charge in [-0.15, -0.1) is 0 Å². The molecule has 7 nitrogen and oxygen atoms in total. The van der Waals surface area contributed by atoms with Gasteiger partial charge in [0.05, 0.1) is 0 Å². The normalized spacial score (nSPS) is 13.4. The summed E-state index contributed by atoms with van der Waals surface area (Å²) in [5.41, 5.74) is 2.19. The number of carbonyl (C=O) groups is 1. The van der Waals surface area contributed by atoms with Gasteiger partial charge in [-0.2, -0.15) is 0 Å². The summed E-state index contributed by atoms with van der Waals surface area (Å²) in [7, 11) is 0. The Kier molecular flexibility index (Phi) is 5.14. The molecule has 0 radical (unpaired) electrons. The summed E-state index contributed by atoms with van der Waals surface area (Å²) in [6.07, 6.45) is 5.61. The minimum atomic E-state index is -0.162. The summed E-state index contributed by atoms with van der Waals surface area (Å²) in [6.45, 7) is 3.99. The summed E-state index contributed by atoms with van der Waals surface area (Å²) in [6, 6.07) is 12.9. The van der Waals surface area contributed by atoms with Crippen LogP contribution in [-0.2, 0) is 0 Å². The maximum absolute atomic E-state index is 12.2. The lowest BCUT2D eigenvalue weighted by atomic mass is 10.2. The Morgan fingerprint density at radius 3 is 2.36 bits per heavy atom. The molecule has 2 N–H and O–H groups in total. The Morgan fingerprint density at radius 2 is 1.64 bits per heavy atom. The lowest BCUT2D eigenvalue weighted by molar-refractivity contribution is 0.102. The topological polar surface area (TPSA) is 83.0 Å². The zero-order valence-electron chi connectivity index (χ0n) is 15.7. The maximum Gasteiger partial charge on any atom is 0.255 e. The van der Waals surface area contributed by atoms with Crippen LogP contribution in [-0.4, -0.2) is 33.9 Å². The Labute approximate surface area is 163 Å². The van der Waals surface area contributed by atoms with Crippen molar-refractivity contribution in [2.24, 2.45) is 0 Å². The molecule has 0 aliphatic carbocycles. The molecule has 1 amide bonds. The highest BCUT2D eigenvalue weighted by molar-refractivity contribution is 6.04. The number of benzene rings is 1. The molecular weight excluding hydrogens is 352 g/mol. The number of amides is 1. The lowest BCUT2D eigenvalue weighted by Gasteiger charge is -2.18. The monoisotopic (exact) mass is 374 g/mol. The molecule has 4 rings (SSSR count). The second kappa shape index (κ2) is 8.04. The highest BCUT2D eigenvalue weighted by atomic mass is 16.1. The number of anilines is 4. The van der Waals surface area contributed by atoms with Crippen LogP contribution in [0, 0.1) is 6.92 Å². The number of nitrogens with one attached hydrogen (secondary N) is 2. The molecule has 1 aromatic carbocycles. The first kappa shape index (κ1) is 17.9. The maximum atomic E-state index is 12.2. The first-order chi connectivity index (χ1) is 13.7. The molecule has 1 fully saturated rings. The molecule has 28 heavy (non-hydrogen) atoms. The summed E-state index contributed by atoms with van der Waals surface area (Å²) in [5, 5.41) is 6.20. The molecule has 0 unspecified atom stereocenters. The van der Waals surface area contributed by atoms with E-state index in [1.165, 1.54) is 12.8 Å². The zero-order valence-corrected chi connectivity index (χ0v) is 15.7. The van der Waals surface area contributed by atoms with Crippen LogP contribution in [0.25, 0.3) is 0 Å². The van der Waals surface area contributed by atoms with Crippen LogP contribution in [0.3, 0.4) is 0 Å². The standard InChI is InChI=1S/C21H22N6O/c1-15-23-19(14-20(24-15)27-12-2-3-13-27)25-17-4-6-18(7-5-17)26-21(28)16-8-10-22-11-9-16/h4-11,14H,2-3,12-13H2,1H3,(H,26,28)(H,23,24,25). The number of rotatable bonds is 5. The lowest BCUT2D eigenvalue weighted by Crippen LogP contribution is -2.19. The van der Waals surface area contributed by atoms with Gasteiger partial charge in [0.15, 0.2) is 0 Å². The van der Waals surface area contributed by atoms with E-state index in [0.29, 0.717) is 5.56 Å². The number of carbonyl (C=O) groups excluding carboxylic acids is 1. The van der Waals surface area contributed by atoms with E-state index in [1.807, 2.05) is 37.3 Å². The van der Waals surface area contributed by atoms with E-state index in [9.17, 15) is 4.79 Å². The van der Waals surface area contributed by atoms with E-state index in [2.05, 4.69) is 30.5 Å². The molecular formula is C21H22N6O. The van der Waals surface area contributed by atoms with Gasteiger partial charge in [0.2, 0.25) is 0 Å². The molecule has 142 valence electrons. The van der Waals surface area contributed by atoms with Gasteiger partial charge in [-0.1, -0.05) is 0 Å². The Morgan fingerprint density at radius 1 is 0.964 bits per heavy atom. The zero-order chi connectivity index (χ0) is 19.3. The molecule has 3 heterocycles. The highest BCUT2D eigenvalue weighted by Gasteiger charge is 2.15. The number of hydrogen-bond donors (Lipinski definition) is 2. The van der Waals surface area contributed by atoms with Crippen molar-refractivity contribution < 1.29 is 4.79 Å². The average Bonchev–Trinajstić information content (AvgIpc) is 3.25. The minimum Gasteiger partial charge on any atom is -0.356 e. The first-order valence-electron chi connectivity index (χ1n) is 9.36. The Hall–Kier alpha value is -3.48. The third-order valence-electron chi connectivity index (χ3n) is 4.61. The Bertz CT molecular complexity index is 952. The van der Waals surface area contributed by atoms with Gasteiger partial charge in [0.1, 0.15) is 17.5 Å². The van der Waals surface area contributed by atoms with Crippen LogP contribution in [0.4, 0.5) is 23.0 Å². The largest absolute Gasteiger partial charge is 0.356 e. The van der Waals surface area contributed by atoms with Crippen LogP contribution in [0.2, 0.25) is 0 Å². The van der Waals surface area contributed by atoms with Crippen molar-refractivity contribution in [1.82, 2.24) is 15.0 Å². The van der Waals surface area contributed by atoms with Crippen molar-refractivity contribution in [3.8, 4) is 0 Å². The summed E-state index contributed by atoms with van der Waals surface area (Å²) >= 11 is 0. The van der Waals surface area contributed by atoms with Crippen molar-refractivity contribution in [1.29, 1.82) is 0 Å². The van der Waals surface area contributed by atoms with Gasteiger partial charge in [-0.3, -0.25) is 9.78 Å². The molecule has 0 bridgehead atoms. The third kappa shape index (κ3) is 4.25. The van der Waals surface area contributed by atoms with E-state index < -0.39 is 0 Å². The Balaban J connectivity index is 1.44. The average molecular weight is 374 g/mol. The van der Waals surface area contributed by atoms with Crippen molar-refractivity contribution in [3.63, 3.8) is 0 Å². The smallest absolute Gasteiger partial charge is 0.255 e. The summed E-state index contributed by atoms with van der Waals surface area (Å²) < 4.78 is 0. The van der Waals surface area contributed by atoms with E-state index in [-0.39, 0.29) is 5.91 Å². The molecule has 1 aliphatic heterocycles. The van der Waals surface area contributed by atoms with Crippen LogP contribution < -0.4 is 15.5 Å². The highest BCUT2D eigenvalue weighted by Crippen LogP contribution is 2.23. The van der Waals surface area contributed by atoms with E-state index in [4.69, 9.17) is 0 Å². The van der Waals surface area contributed by atoms with Crippen LogP contribution in [0.5, 0.6) is 0 Å². The number of aryl methyl sites for hydroxylation is 1. The molecule has 3 aromatic rings. The second-order valence-electron chi connectivity index (χ2n) is 6.75. The fourth-order valence-corrected chi connectivity index (χ4v) is 3.22. The van der Waals surface area contributed by atoms with Gasteiger partial charge < -0.3 is 15.5 Å². The predicted octanol–water partition coefficient (Wildman–Crippen LogP) is 3.78. The van der Waals surface area contributed by atoms with Crippen LogP contribution >= 0.6 is 0 Å². The van der Waals surface area contributed by atoms with Gasteiger partial charge in [-0.25, -0.2) is 9.97 Å². The number of aromatic nitrogens is 3. The summed E-state index contributed by atoms with van der Waals surface area (Å²) in [4.78, 5) is 27.5. The molecule has 1 saturated heterocycles. The predicted molar refractivity (Wildman–Crippen MR) is 110 cm³/mol. The molecule has 0 saturated carbocycles. The second-order valence-corrected chi connectivity index (χ2v) is 6.75. The van der Waals surface area contributed by atoms with Gasteiger partial charge in [-0.05, 0) is 56.2 Å².